The molecule has 0 unspecified atom stereocenters. The second kappa shape index (κ2) is 10.6. The van der Waals surface area contributed by atoms with Crippen LogP contribution in [-0.2, 0) is 24.1 Å². The Hall–Kier alpha value is -2.51. The van der Waals surface area contributed by atoms with Crippen LogP contribution in [0.4, 0.5) is 8.78 Å². The summed E-state index contributed by atoms with van der Waals surface area (Å²) < 4.78 is 38.2. The standard InChI is InChI=1S/C28H34F2N2O3/c29-28(30)11-13-32(14-12-28)18-20-3-4-23-17-24(8-5-22(23)16-20)31-27(33)21-6-9-25(10-7-21)35-19-26-2-1-15-34-26/h3-4,6-7,9-10,16,24,26H,1-2,5,8,11-15,17-19H2,(H,31,33)/t24-,26-/m0/s1. The number of likely N-dealkylation sites (tertiary alicyclic amines) is 1. The van der Waals surface area contributed by atoms with Gasteiger partial charge in [0.1, 0.15) is 12.4 Å². The number of piperidine rings is 1. The molecule has 1 aliphatic carbocycles. The first-order valence-corrected chi connectivity index (χ1v) is 12.8. The number of fused-ring (bicyclic) bond motifs is 1. The zero-order valence-electron chi connectivity index (χ0n) is 20.1. The van der Waals surface area contributed by atoms with Crippen LogP contribution in [0.3, 0.4) is 0 Å². The van der Waals surface area contributed by atoms with Crippen LogP contribution in [0.2, 0.25) is 0 Å². The maximum Gasteiger partial charge on any atom is 0.251 e. The summed E-state index contributed by atoms with van der Waals surface area (Å²) in [6, 6.07) is 13.8. The summed E-state index contributed by atoms with van der Waals surface area (Å²) in [4.78, 5) is 14.9. The van der Waals surface area contributed by atoms with E-state index in [1.165, 1.54) is 16.7 Å². The summed E-state index contributed by atoms with van der Waals surface area (Å²) >= 11 is 0. The quantitative estimate of drug-likeness (QED) is 0.616. The van der Waals surface area contributed by atoms with E-state index < -0.39 is 5.92 Å². The fourth-order valence-electron chi connectivity index (χ4n) is 5.26. The Balaban J connectivity index is 1.11. The molecule has 7 heteroatoms. The van der Waals surface area contributed by atoms with Gasteiger partial charge >= 0.3 is 0 Å². The molecule has 2 fully saturated rings. The van der Waals surface area contributed by atoms with E-state index in [1.807, 2.05) is 12.1 Å². The molecule has 0 aromatic heterocycles. The van der Waals surface area contributed by atoms with Crippen molar-refractivity contribution in [2.45, 2.75) is 69.6 Å². The average Bonchev–Trinajstić information content (AvgIpc) is 3.38. The molecule has 0 radical (unpaired) electrons. The van der Waals surface area contributed by atoms with Crippen LogP contribution in [0.25, 0.3) is 0 Å². The van der Waals surface area contributed by atoms with Crippen LogP contribution in [0.15, 0.2) is 42.5 Å². The molecule has 2 aromatic carbocycles. The van der Waals surface area contributed by atoms with E-state index in [0.29, 0.717) is 25.3 Å². The van der Waals surface area contributed by atoms with Gasteiger partial charge in [0, 0.05) is 50.7 Å². The lowest BCUT2D eigenvalue weighted by Gasteiger charge is -2.32. The van der Waals surface area contributed by atoms with Crippen LogP contribution in [0.1, 0.15) is 59.2 Å². The van der Waals surface area contributed by atoms with Crippen molar-refractivity contribution >= 4 is 5.91 Å². The molecule has 5 nitrogen and oxygen atoms in total. The van der Waals surface area contributed by atoms with E-state index in [0.717, 1.165) is 51.0 Å². The number of rotatable bonds is 7. The first-order valence-electron chi connectivity index (χ1n) is 12.8. The molecule has 1 amide bonds. The molecule has 2 atom stereocenters. The van der Waals surface area contributed by atoms with Crippen molar-refractivity contribution in [3.8, 4) is 5.75 Å². The number of hydrogen-bond acceptors (Lipinski definition) is 4. The molecule has 0 bridgehead atoms. The predicted octanol–water partition coefficient (Wildman–Crippen LogP) is 4.76. The summed E-state index contributed by atoms with van der Waals surface area (Å²) in [6.07, 6.45) is 4.79. The average molecular weight is 485 g/mol. The highest BCUT2D eigenvalue weighted by molar-refractivity contribution is 5.94. The van der Waals surface area contributed by atoms with Crippen molar-refractivity contribution in [2.24, 2.45) is 0 Å². The first-order chi connectivity index (χ1) is 16.9. The van der Waals surface area contributed by atoms with Crippen LogP contribution in [-0.4, -0.2) is 55.2 Å². The minimum atomic E-state index is -2.51. The van der Waals surface area contributed by atoms with Gasteiger partial charge in [-0.15, -0.1) is 0 Å². The van der Waals surface area contributed by atoms with E-state index in [4.69, 9.17) is 9.47 Å². The summed E-state index contributed by atoms with van der Waals surface area (Å²) in [7, 11) is 0. The smallest absolute Gasteiger partial charge is 0.251 e. The highest BCUT2D eigenvalue weighted by Gasteiger charge is 2.34. The Morgan fingerprint density at radius 3 is 2.63 bits per heavy atom. The van der Waals surface area contributed by atoms with Gasteiger partial charge in [-0.1, -0.05) is 18.2 Å². The molecule has 0 saturated carbocycles. The summed E-state index contributed by atoms with van der Waals surface area (Å²) in [5.41, 5.74) is 4.37. The summed E-state index contributed by atoms with van der Waals surface area (Å²) in [6.45, 7) is 2.96. The predicted molar refractivity (Wildman–Crippen MR) is 130 cm³/mol. The number of halogens is 2. The van der Waals surface area contributed by atoms with Gasteiger partial charge in [-0.05, 0) is 73.1 Å². The van der Waals surface area contributed by atoms with Crippen LogP contribution in [0.5, 0.6) is 5.75 Å². The van der Waals surface area contributed by atoms with Gasteiger partial charge in [-0.3, -0.25) is 9.69 Å². The number of carbonyl (C=O) groups is 1. The van der Waals surface area contributed by atoms with Gasteiger partial charge < -0.3 is 14.8 Å². The second-order valence-corrected chi connectivity index (χ2v) is 10.1. The number of nitrogens with zero attached hydrogens (tertiary/aromatic N) is 1. The molecular formula is C28H34F2N2O3. The van der Waals surface area contributed by atoms with Crippen molar-refractivity contribution in [1.29, 1.82) is 0 Å². The van der Waals surface area contributed by atoms with E-state index in [1.54, 1.807) is 12.1 Å². The number of amides is 1. The van der Waals surface area contributed by atoms with Gasteiger partial charge in [0.2, 0.25) is 0 Å². The Bertz CT molecular complexity index is 1010. The maximum absolute atomic E-state index is 13.4. The maximum atomic E-state index is 13.4. The van der Waals surface area contributed by atoms with E-state index in [9.17, 15) is 13.6 Å². The lowest BCUT2D eigenvalue weighted by atomic mass is 9.87. The normalized spacial score (nSPS) is 24.1. The lowest BCUT2D eigenvalue weighted by molar-refractivity contribution is -0.0566. The van der Waals surface area contributed by atoms with Crippen LogP contribution < -0.4 is 10.1 Å². The van der Waals surface area contributed by atoms with E-state index >= 15 is 0 Å². The minimum Gasteiger partial charge on any atom is -0.491 e. The van der Waals surface area contributed by atoms with Crippen molar-refractivity contribution < 1.29 is 23.0 Å². The van der Waals surface area contributed by atoms with Gasteiger partial charge in [-0.2, -0.15) is 0 Å². The minimum absolute atomic E-state index is 0.0511. The Kier molecular flexibility index (Phi) is 7.35. The number of benzene rings is 2. The fraction of sp³-hybridized carbons (Fsp3) is 0.536. The Labute approximate surface area is 205 Å². The Morgan fingerprint density at radius 1 is 1.09 bits per heavy atom. The number of aryl methyl sites for hydroxylation is 1. The monoisotopic (exact) mass is 484 g/mol. The Morgan fingerprint density at radius 2 is 1.89 bits per heavy atom. The lowest BCUT2D eigenvalue weighted by Crippen LogP contribution is -2.39. The number of hydrogen-bond donors (Lipinski definition) is 1. The van der Waals surface area contributed by atoms with Crippen molar-refractivity contribution in [2.75, 3.05) is 26.3 Å². The van der Waals surface area contributed by atoms with Gasteiger partial charge in [0.15, 0.2) is 0 Å². The van der Waals surface area contributed by atoms with Crippen LogP contribution in [0, 0.1) is 0 Å². The number of carbonyl (C=O) groups excluding carboxylic acids is 1. The third-order valence-corrected chi connectivity index (χ3v) is 7.40. The van der Waals surface area contributed by atoms with Gasteiger partial charge in [-0.25, -0.2) is 8.78 Å². The van der Waals surface area contributed by atoms with Gasteiger partial charge in [0.25, 0.3) is 11.8 Å². The van der Waals surface area contributed by atoms with Crippen LogP contribution >= 0.6 is 0 Å². The SMILES string of the molecule is O=C(N[C@H]1CCc2cc(CN3CCC(F)(F)CC3)ccc2C1)c1ccc(OC[C@@H]2CCCO2)cc1. The largest absolute Gasteiger partial charge is 0.491 e. The molecule has 2 aromatic rings. The van der Waals surface area contributed by atoms with Gasteiger partial charge in [0.05, 0.1) is 6.10 Å². The molecule has 2 aliphatic heterocycles. The van der Waals surface area contributed by atoms with E-state index in [2.05, 4.69) is 28.4 Å². The number of nitrogens with one attached hydrogen (secondary N) is 1. The molecule has 3 aliphatic rings. The second-order valence-electron chi connectivity index (χ2n) is 10.1. The van der Waals surface area contributed by atoms with Crippen molar-refractivity contribution in [1.82, 2.24) is 10.2 Å². The molecule has 2 saturated heterocycles. The highest BCUT2D eigenvalue weighted by atomic mass is 19.3. The summed E-state index contributed by atoms with van der Waals surface area (Å²) in [5.74, 6) is -1.83. The molecule has 0 spiro atoms. The molecule has 5 rings (SSSR count). The first kappa shape index (κ1) is 24.2. The molecule has 35 heavy (non-hydrogen) atoms. The molecule has 1 N–H and O–H groups in total. The van der Waals surface area contributed by atoms with Crippen molar-refractivity contribution in [3.63, 3.8) is 0 Å². The zero-order chi connectivity index (χ0) is 24.3. The fourth-order valence-corrected chi connectivity index (χ4v) is 5.26. The number of alkyl halides is 2. The van der Waals surface area contributed by atoms with E-state index in [-0.39, 0.29) is 30.9 Å². The molecular weight excluding hydrogens is 450 g/mol. The topological polar surface area (TPSA) is 50.8 Å². The number of ether oxygens (including phenoxy) is 2. The van der Waals surface area contributed by atoms with Crippen molar-refractivity contribution in [3.05, 3.63) is 64.7 Å². The third-order valence-electron chi connectivity index (χ3n) is 7.40. The molecule has 2 heterocycles. The highest BCUT2D eigenvalue weighted by Crippen LogP contribution is 2.29. The zero-order valence-corrected chi connectivity index (χ0v) is 20.1. The summed E-state index contributed by atoms with van der Waals surface area (Å²) in [5, 5.41) is 3.18. The third kappa shape index (κ3) is 6.39. The molecule has 188 valence electrons.